The van der Waals surface area contributed by atoms with Crippen molar-refractivity contribution in [3.05, 3.63) is 85.5 Å². The molecule has 43 heavy (non-hydrogen) atoms. The average Bonchev–Trinajstić information content (AvgIpc) is 3.19. The molecule has 6 atom stereocenters. The second-order valence-corrected chi connectivity index (χ2v) is 11.8. The van der Waals surface area contributed by atoms with E-state index in [0.29, 0.717) is 5.39 Å². The molecule has 0 aliphatic carbocycles. The van der Waals surface area contributed by atoms with E-state index in [-0.39, 0.29) is 11.3 Å². The largest absolute Gasteiger partial charge is 0.462 e. The first kappa shape index (κ1) is 31.9. The van der Waals surface area contributed by atoms with E-state index >= 15 is 0 Å². The fourth-order valence-electron chi connectivity index (χ4n) is 4.37. The molecule has 0 saturated carbocycles. The number of nitrogens with zero attached hydrogens (tertiary/aromatic N) is 4. The quantitative estimate of drug-likeness (QED) is 0.0802. The van der Waals surface area contributed by atoms with Gasteiger partial charge in [-0.25, -0.2) is 9.36 Å². The molecule has 1 unspecified atom stereocenters. The number of ether oxygens (including phenoxy) is 2. The van der Waals surface area contributed by atoms with E-state index in [1.54, 1.807) is 50.2 Å². The van der Waals surface area contributed by atoms with Gasteiger partial charge in [-0.05, 0) is 44.7 Å². The highest BCUT2D eigenvalue weighted by atomic mass is 31.2. The van der Waals surface area contributed by atoms with Crippen molar-refractivity contribution < 1.29 is 38.1 Å². The molecule has 3 aromatic rings. The van der Waals surface area contributed by atoms with Gasteiger partial charge >= 0.3 is 19.4 Å². The zero-order valence-electron chi connectivity index (χ0n) is 23.6. The van der Waals surface area contributed by atoms with E-state index in [9.17, 15) is 34.7 Å². The number of aliphatic hydroxyl groups excluding tert-OH is 2. The molecule has 1 aliphatic heterocycles. The fourth-order valence-corrected chi connectivity index (χ4v) is 5.90. The van der Waals surface area contributed by atoms with Gasteiger partial charge in [0.05, 0.1) is 12.7 Å². The van der Waals surface area contributed by atoms with Crippen LogP contribution in [0, 0.1) is 6.92 Å². The molecule has 2 aromatic carbocycles. The summed E-state index contributed by atoms with van der Waals surface area (Å²) >= 11 is 0. The first-order valence-corrected chi connectivity index (χ1v) is 14.7. The number of benzene rings is 2. The molecule has 4 rings (SSSR count). The number of esters is 1. The van der Waals surface area contributed by atoms with Crippen molar-refractivity contribution in [3.63, 3.8) is 0 Å². The summed E-state index contributed by atoms with van der Waals surface area (Å²) in [6.45, 7) is 5.04. The van der Waals surface area contributed by atoms with Crippen molar-refractivity contribution in [3.8, 4) is 5.75 Å². The molecule has 0 radical (unpaired) electrons. The Morgan fingerprint density at radius 3 is 2.63 bits per heavy atom. The third kappa shape index (κ3) is 6.81. The molecule has 1 fully saturated rings. The molecular formula is C26H31N6O10P. The summed E-state index contributed by atoms with van der Waals surface area (Å²) in [4.78, 5) is 41.6. The van der Waals surface area contributed by atoms with Crippen LogP contribution in [0.1, 0.15) is 32.6 Å². The molecule has 4 N–H and O–H groups in total. The summed E-state index contributed by atoms with van der Waals surface area (Å²) in [6, 6.07) is 10.8. The van der Waals surface area contributed by atoms with Gasteiger partial charge in [-0.1, -0.05) is 41.5 Å². The van der Waals surface area contributed by atoms with Gasteiger partial charge in [0.25, 0.3) is 5.56 Å². The Hall–Kier alpha value is -4.01. The number of carbonyl (C=O) groups excluding carboxylic acids is 1. The lowest BCUT2D eigenvalue weighted by Crippen LogP contribution is -2.46. The maximum absolute atomic E-state index is 14.2. The van der Waals surface area contributed by atoms with Crippen molar-refractivity contribution in [1.82, 2.24) is 14.6 Å². The average molecular weight is 619 g/mol. The molecule has 17 heteroatoms. The summed E-state index contributed by atoms with van der Waals surface area (Å²) in [5, 5.41) is 29.0. The van der Waals surface area contributed by atoms with Crippen LogP contribution in [0.25, 0.3) is 21.2 Å². The molecule has 2 heterocycles. The highest BCUT2D eigenvalue weighted by molar-refractivity contribution is 7.52. The monoisotopic (exact) mass is 618 g/mol. The number of fused-ring (bicyclic) bond motifs is 1. The van der Waals surface area contributed by atoms with Gasteiger partial charge in [0.1, 0.15) is 24.0 Å². The zero-order chi connectivity index (χ0) is 31.5. The minimum atomic E-state index is -4.60. The zero-order valence-corrected chi connectivity index (χ0v) is 24.5. The second-order valence-electron chi connectivity index (χ2n) is 10.1. The van der Waals surface area contributed by atoms with Crippen molar-refractivity contribution >= 4 is 24.5 Å². The van der Waals surface area contributed by atoms with E-state index in [1.807, 2.05) is 4.98 Å². The minimum Gasteiger partial charge on any atom is -0.462 e. The number of hydrogen-bond donors (Lipinski definition) is 4. The molecule has 16 nitrogen and oxygen atoms in total. The van der Waals surface area contributed by atoms with Crippen LogP contribution < -0.4 is 20.9 Å². The SMILES string of the molecule is Cc1cn([C@@H]2O[C@@](COP(=O)(N[C@@H](C)C(=O)OC(C)C)Oc3cccc4ccccc34)(N=[N+]=[N-])[C@@H](O)[C@H]2O)c(=O)[nH]c1=O. The predicted molar refractivity (Wildman–Crippen MR) is 152 cm³/mol. The third-order valence-electron chi connectivity index (χ3n) is 6.50. The number of aromatic amines is 1. The van der Waals surface area contributed by atoms with E-state index in [2.05, 4.69) is 15.1 Å². The lowest BCUT2D eigenvalue weighted by atomic mass is 10.1. The Kier molecular flexibility index (Phi) is 9.42. The Morgan fingerprint density at radius 2 is 1.93 bits per heavy atom. The van der Waals surface area contributed by atoms with Gasteiger partial charge in [-0.15, -0.1) is 0 Å². The van der Waals surface area contributed by atoms with Gasteiger partial charge < -0.3 is 24.2 Å². The van der Waals surface area contributed by atoms with Crippen LogP contribution in [0.5, 0.6) is 5.75 Å². The number of aliphatic hydroxyl groups is 2. The number of nitrogens with one attached hydrogen (secondary N) is 2. The van der Waals surface area contributed by atoms with Crippen LogP contribution in [0.15, 0.2) is 63.4 Å². The molecule has 1 aromatic heterocycles. The Bertz CT molecular complexity index is 1710. The van der Waals surface area contributed by atoms with Crippen LogP contribution in [0.4, 0.5) is 0 Å². The van der Waals surface area contributed by atoms with Gasteiger partial charge in [0.15, 0.2) is 6.23 Å². The van der Waals surface area contributed by atoms with Crippen LogP contribution in [-0.2, 0) is 23.4 Å². The number of H-pyrrole nitrogens is 1. The summed E-state index contributed by atoms with van der Waals surface area (Å²) in [5.74, 6) is -0.664. The summed E-state index contributed by atoms with van der Waals surface area (Å²) in [6.07, 6.45) is -4.93. The maximum atomic E-state index is 14.2. The summed E-state index contributed by atoms with van der Waals surface area (Å²) in [7, 11) is -4.60. The van der Waals surface area contributed by atoms with E-state index < -0.39 is 67.9 Å². The molecule has 0 bridgehead atoms. The molecule has 1 saturated heterocycles. The molecular weight excluding hydrogens is 587 g/mol. The first-order valence-electron chi connectivity index (χ1n) is 13.1. The summed E-state index contributed by atoms with van der Waals surface area (Å²) in [5.41, 5.74) is 5.30. The Labute approximate surface area is 244 Å². The standard InChI is InChI=1S/C26H31N6O10P/c1-14(2)40-24(36)16(4)29-43(38,42-19-11-7-9-17-8-5-6-10-18(17)19)39-13-26(30-31-27)21(34)20(33)23(41-26)32-12-15(3)22(35)28-25(32)37/h5-12,14,16,20-21,23,33-34H,13H2,1-4H3,(H,29,38)(H,28,35,37)/t16-,20+,21-,23+,26+,43?/m0/s1. The highest BCUT2D eigenvalue weighted by Crippen LogP contribution is 2.49. The number of aryl methyl sites for hydroxylation is 1. The lowest BCUT2D eigenvalue weighted by Gasteiger charge is -2.30. The lowest BCUT2D eigenvalue weighted by molar-refractivity contribution is -0.149. The summed E-state index contributed by atoms with van der Waals surface area (Å²) < 4.78 is 37.4. The molecule has 1 aliphatic rings. The van der Waals surface area contributed by atoms with Crippen molar-refractivity contribution in [2.75, 3.05) is 6.61 Å². The predicted octanol–water partition coefficient (Wildman–Crippen LogP) is 2.39. The highest BCUT2D eigenvalue weighted by Gasteiger charge is 2.56. The van der Waals surface area contributed by atoms with Gasteiger partial charge in [0.2, 0.25) is 5.72 Å². The molecule has 0 spiro atoms. The third-order valence-corrected chi connectivity index (χ3v) is 8.11. The maximum Gasteiger partial charge on any atom is 0.459 e. The minimum absolute atomic E-state index is 0.0851. The topological polar surface area (TPSA) is 227 Å². The number of rotatable bonds is 11. The first-order chi connectivity index (χ1) is 20.3. The van der Waals surface area contributed by atoms with E-state index in [4.69, 9.17) is 18.5 Å². The van der Waals surface area contributed by atoms with Crippen LogP contribution in [-0.4, -0.2) is 62.4 Å². The van der Waals surface area contributed by atoms with Crippen molar-refractivity contribution in [2.45, 2.75) is 64.0 Å². The van der Waals surface area contributed by atoms with Crippen molar-refractivity contribution in [1.29, 1.82) is 0 Å². The van der Waals surface area contributed by atoms with E-state index in [1.165, 1.54) is 19.9 Å². The van der Waals surface area contributed by atoms with Crippen molar-refractivity contribution in [2.24, 2.45) is 5.11 Å². The second kappa shape index (κ2) is 12.7. The van der Waals surface area contributed by atoms with Gasteiger partial charge in [-0.3, -0.25) is 23.7 Å². The van der Waals surface area contributed by atoms with E-state index in [0.717, 1.165) is 16.2 Å². The Balaban J connectivity index is 1.69. The Morgan fingerprint density at radius 1 is 1.23 bits per heavy atom. The number of aromatic nitrogens is 2. The van der Waals surface area contributed by atoms with Crippen LogP contribution in [0.2, 0.25) is 0 Å². The smallest absolute Gasteiger partial charge is 0.459 e. The normalized spacial score (nSPS) is 23.8. The van der Waals surface area contributed by atoms with Crippen LogP contribution in [0.3, 0.4) is 0 Å². The number of hydrogen-bond acceptors (Lipinski definition) is 11. The van der Waals surface area contributed by atoms with Gasteiger partial charge in [-0.2, -0.15) is 5.09 Å². The number of carbonyl (C=O) groups is 1. The van der Waals surface area contributed by atoms with Gasteiger partial charge in [0, 0.05) is 22.1 Å². The molecule has 0 amide bonds. The molecule has 230 valence electrons. The van der Waals surface area contributed by atoms with Crippen LogP contribution >= 0.6 is 7.75 Å². The number of azide groups is 1. The fraction of sp³-hybridized carbons (Fsp3) is 0.423.